The first kappa shape index (κ1) is 22.7. The molecule has 10 heteroatoms. The largest absolute Gasteiger partial charge is 0.497 e. The van der Waals surface area contributed by atoms with Gasteiger partial charge >= 0.3 is 5.97 Å². The number of rotatable bonds is 8. The predicted octanol–water partition coefficient (Wildman–Crippen LogP) is 5.22. The van der Waals surface area contributed by atoms with Crippen molar-refractivity contribution in [1.82, 2.24) is 0 Å². The zero-order valence-corrected chi connectivity index (χ0v) is 18.5. The zero-order valence-electron chi connectivity index (χ0n) is 16.1. The molecule has 3 rings (SSSR count). The maximum Gasteiger partial charge on any atom is 0.307 e. The third-order valence-electron chi connectivity index (χ3n) is 4.11. The fourth-order valence-corrected chi connectivity index (χ4v) is 4.33. The summed E-state index contributed by atoms with van der Waals surface area (Å²) in [6.07, 6.45) is -0.219. The highest BCUT2D eigenvalue weighted by Gasteiger charge is 2.15. The Balaban J connectivity index is 1.74. The molecule has 0 amide bonds. The van der Waals surface area contributed by atoms with Crippen molar-refractivity contribution in [3.63, 3.8) is 0 Å². The number of carbonyl (C=O) groups is 1. The van der Waals surface area contributed by atoms with Crippen LogP contribution in [-0.2, 0) is 21.2 Å². The van der Waals surface area contributed by atoms with Crippen LogP contribution in [0.2, 0.25) is 10.0 Å². The molecule has 162 valence electrons. The van der Waals surface area contributed by atoms with E-state index in [9.17, 15) is 13.2 Å². The number of carboxylic acids is 1. The van der Waals surface area contributed by atoms with Gasteiger partial charge in [-0.2, -0.15) is 0 Å². The summed E-state index contributed by atoms with van der Waals surface area (Å²) < 4.78 is 38.2. The van der Waals surface area contributed by atoms with Crippen molar-refractivity contribution in [2.24, 2.45) is 0 Å². The van der Waals surface area contributed by atoms with Crippen LogP contribution in [0.15, 0.2) is 65.6 Å². The van der Waals surface area contributed by atoms with E-state index in [1.54, 1.807) is 24.3 Å². The van der Waals surface area contributed by atoms with Crippen molar-refractivity contribution >= 4 is 44.9 Å². The Morgan fingerprint density at radius 3 is 2.03 bits per heavy atom. The van der Waals surface area contributed by atoms with E-state index in [4.69, 9.17) is 37.8 Å². The molecular weight excluding hydrogens is 465 g/mol. The molecule has 0 aromatic heterocycles. The van der Waals surface area contributed by atoms with Crippen LogP contribution in [0.1, 0.15) is 5.56 Å². The van der Waals surface area contributed by atoms with Gasteiger partial charge in [-0.1, -0.05) is 23.2 Å². The third kappa shape index (κ3) is 5.81. The van der Waals surface area contributed by atoms with E-state index >= 15 is 0 Å². The molecule has 3 aromatic rings. The van der Waals surface area contributed by atoms with E-state index in [0.717, 1.165) is 0 Å². The van der Waals surface area contributed by atoms with E-state index in [2.05, 4.69) is 4.72 Å². The van der Waals surface area contributed by atoms with Gasteiger partial charge in [0.2, 0.25) is 0 Å². The Labute approximate surface area is 189 Å². The second-order valence-corrected chi connectivity index (χ2v) is 8.86. The van der Waals surface area contributed by atoms with Crippen molar-refractivity contribution < 1.29 is 27.8 Å². The van der Waals surface area contributed by atoms with Crippen LogP contribution < -0.4 is 14.2 Å². The van der Waals surface area contributed by atoms with Gasteiger partial charge in [-0.15, -0.1) is 0 Å². The van der Waals surface area contributed by atoms with Crippen LogP contribution in [0.5, 0.6) is 17.2 Å². The highest BCUT2D eigenvalue weighted by Crippen LogP contribution is 2.38. The number of ether oxygens (including phenoxy) is 2. The van der Waals surface area contributed by atoms with Crippen molar-refractivity contribution in [3.05, 3.63) is 76.3 Å². The number of aliphatic carboxylic acids is 1. The number of sulfonamides is 1. The van der Waals surface area contributed by atoms with E-state index in [-0.39, 0.29) is 27.1 Å². The molecule has 31 heavy (non-hydrogen) atoms. The molecule has 0 bridgehead atoms. The lowest BCUT2D eigenvalue weighted by molar-refractivity contribution is -0.136. The molecule has 0 saturated carbocycles. The van der Waals surface area contributed by atoms with Crippen molar-refractivity contribution in [2.45, 2.75) is 11.3 Å². The van der Waals surface area contributed by atoms with Gasteiger partial charge in [0.25, 0.3) is 10.0 Å². The first-order valence-corrected chi connectivity index (χ1v) is 11.1. The molecule has 0 aliphatic heterocycles. The van der Waals surface area contributed by atoms with E-state index < -0.39 is 16.0 Å². The lowest BCUT2D eigenvalue weighted by Gasteiger charge is -2.12. The summed E-state index contributed by atoms with van der Waals surface area (Å²) in [5.41, 5.74) is 0.773. The van der Waals surface area contributed by atoms with Crippen molar-refractivity contribution in [2.75, 3.05) is 11.8 Å². The average Bonchev–Trinajstić information content (AvgIpc) is 2.71. The summed E-state index contributed by atoms with van der Waals surface area (Å²) in [6, 6.07) is 15.1. The minimum absolute atomic E-state index is 0.0913. The number of hydrogen-bond donors (Lipinski definition) is 2. The minimum atomic E-state index is -3.77. The SMILES string of the molecule is COc1ccc(S(=O)(=O)Nc2ccc(Oc3c(Cl)cc(CC(=O)O)cc3Cl)cc2)cc1. The number of methoxy groups -OCH3 is 1. The van der Waals surface area contributed by atoms with Gasteiger partial charge in [-0.05, 0) is 66.2 Å². The lowest BCUT2D eigenvalue weighted by atomic mass is 10.1. The van der Waals surface area contributed by atoms with E-state index in [1.807, 2.05) is 0 Å². The first-order chi connectivity index (χ1) is 14.7. The maximum absolute atomic E-state index is 12.5. The Kier molecular flexibility index (Phi) is 6.94. The number of nitrogens with one attached hydrogen (secondary N) is 1. The van der Waals surface area contributed by atoms with Gasteiger partial charge in [0.05, 0.1) is 28.5 Å². The molecule has 7 nitrogen and oxygen atoms in total. The number of halogens is 2. The van der Waals surface area contributed by atoms with Gasteiger partial charge < -0.3 is 14.6 Å². The maximum atomic E-state index is 12.5. The highest BCUT2D eigenvalue weighted by molar-refractivity contribution is 7.92. The quantitative estimate of drug-likeness (QED) is 0.457. The second kappa shape index (κ2) is 9.47. The summed E-state index contributed by atoms with van der Waals surface area (Å²) >= 11 is 12.3. The Morgan fingerprint density at radius 1 is 0.968 bits per heavy atom. The molecule has 0 unspecified atom stereocenters. The number of anilines is 1. The van der Waals surface area contributed by atoms with Crippen LogP contribution in [0, 0.1) is 0 Å². The molecule has 0 aliphatic rings. The normalized spacial score (nSPS) is 11.1. The van der Waals surface area contributed by atoms with Gasteiger partial charge in [0, 0.05) is 5.69 Å². The Bertz CT molecular complexity index is 1170. The Hall–Kier alpha value is -2.94. The van der Waals surface area contributed by atoms with Gasteiger partial charge in [-0.3, -0.25) is 9.52 Å². The molecular formula is C21H17Cl2NO6S. The Morgan fingerprint density at radius 2 is 1.52 bits per heavy atom. The second-order valence-electron chi connectivity index (χ2n) is 6.37. The van der Waals surface area contributed by atoms with Crippen molar-refractivity contribution in [3.8, 4) is 17.2 Å². The number of hydrogen-bond acceptors (Lipinski definition) is 5. The van der Waals surface area contributed by atoms with Crippen LogP contribution in [-0.4, -0.2) is 26.6 Å². The molecule has 0 saturated heterocycles. The first-order valence-electron chi connectivity index (χ1n) is 8.82. The van der Waals surface area contributed by atoms with Gasteiger partial charge in [0.1, 0.15) is 11.5 Å². The standard InChI is InChI=1S/C21H17Cl2NO6S/c1-29-15-6-8-17(9-7-15)31(27,28)24-14-2-4-16(5-3-14)30-21-18(22)10-13(11-19(21)23)12-20(25)26/h2-11,24H,12H2,1H3,(H,25,26). The van der Waals surface area contributed by atoms with Crippen LogP contribution in [0.4, 0.5) is 5.69 Å². The minimum Gasteiger partial charge on any atom is -0.497 e. The topological polar surface area (TPSA) is 102 Å². The molecule has 2 N–H and O–H groups in total. The lowest BCUT2D eigenvalue weighted by Crippen LogP contribution is -2.12. The average molecular weight is 482 g/mol. The summed E-state index contributed by atoms with van der Waals surface area (Å²) in [6.45, 7) is 0. The van der Waals surface area contributed by atoms with E-state index in [0.29, 0.717) is 22.7 Å². The third-order valence-corrected chi connectivity index (χ3v) is 6.07. The predicted molar refractivity (Wildman–Crippen MR) is 118 cm³/mol. The fraction of sp³-hybridized carbons (Fsp3) is 0.0952. The van der Waals surface area contributed by atoms with E-state index in [1.165, 1.54) is 43.5 Å². The number of carboxylic acid groups (broad SMARTS) is 1. The zero-order chi connectivity index (χ0) is 22.6. The number of benzene rings is 3. The smallest absolute Gasteiger partial charge is 0.307 e. The molecule has 0 atom stereocenters. The molecule has 0 heterocycles. The molecule has 0 radical (unpaired) electrons. The van der Waals surface area contributed by atoms with Gasteiger partial charge in [-0.25, -0.2) is 8.42 Å². The van der Waals surface area contributed by atoms with Crippen molar-refractivity contribution in [1.29, 1.82) is 0 Å². The highest BCUT2D eigenvalue weighted by atomic mass is 35.5. The van der Waals surface area contributed by atoms with Crippen LogP contribution in [0.3, 0.4) is 0 Å². The summed E-state index contributed by atoms with van der Waals surface area (Å²) in [7, 11) is -2.28. The summed E-state index contributed by atoms with van der Waals surface area (Å²) in [5.74, 6) is 0.0773. The fourth-order valence-electron chi connectivity index (χ4n) is 2.66. The molecule has 0 fully saturated rings. The van der Waals surface area contributed by atoms with Gasteiger partial charge in [0.15, 0.2) is 5.75 Å². The summed E-state index contributed by atoms with van der Waals surface area (Å²) in [5, 5.41) is 9.20. The molecule has 0 spiro atoms. The monoisotopic (exact) mass is 481 g/mol. The summed E-state index contributed by atoms with van der Waals surface area (Å²) in [4.78, 5) is 10.9. The molecule has 3 aromatic carbocycles. The molecule has 0 aliphatic carbocycles. The van der Waals surface area contributed by atoms with Crippen LogP contribution >= 0.6 is 23.2 Å². The van der Waals surface area contributed by atoms with Crippen LogP contribution in [0.25, 0.3) is 0 Å².